The number of hydrogen-bond acceptors (Lipinski definition) is 3. The van der Waals surface area contributed by atoms with Crippen molar-refractivity contribution in [2.24, 2.45) is 0 Å². The lowest BCUT2D eigenvalue weighted by molar-refractivity contribution is -0.138. The Labute approximate surface area is 93.7 Å². The average molecular weight is 222 g/mol. The molecule has 5 nitrogen and oxygen atoms in total. The zero-order valence-electron chi connectivity index (χ0n) is 9.25. The fourth-order valence-corrected chi connectivity index (χ4v) is 1.27. The van der Waals surface area contributed by atoms with Gasteiger partial charge in [0.1, 0.15) is 12.2 Å². The van der Waals surface area contributed by atoms with E-state index in [-0.39, 0.29) is 24.2 Å². The SMILES string of the molecule is CC(C)N(CC(=O)O)C(=O)c1ccccn1. The van der Waals surface area contributed by atoms with Crippen LogP contribution in [0.15, 0.2) is 24.4 Å². The van der Waals surface area contributed by atoms with Gasteiger partial charge in [-0.1, -0.05) is 6.07 Å². The monoisotopic (exact) mass is 222 g/mol. The van der Waals surface area contributed by atoms with Crippen molar-refractivity contribution in [1.29, 1.82) is 0 Å². The minimum atomic E-state index is -1.03. The van der Waals surface area contributed by atoms with Gasteiger partial charge in [0.25, 0.3) is 5.91 Å². The van der Waals surface area contributed by atoms with Gasteiger partial charge < -0.3 is 10.0 Å². The van der Waals surface area contributed by atoms with E-state index in [4.69, 9.17) is 5.11 Å². The quantitative estimate of drug-likeness (QED) is 0.825. The summed E-state index contributed by atoms with van der Waals surface area (Å²) in [5, 5.41) is 8.71. The van der Waals surface area contributed by atoms with Crippen LogP contribution in [0.5, 0.6) is 0 Å². The molecule has 86 valence electrons. The molecular formula is C11H14N2O3. The van der Waals surface area contributed by atoms with Crippen molar-refractivity contribution in [2.75, 3.05) is 6.54 Å². The van der Waals surface area contributed by atoms with Gasteiger partial charge in [-0.15, -0.1) is 0 Å². The summed E-state index contributed by atoms with van der Waals surface area (Å²) in [5.41, 5.74) is 0.262. The van der Waals surface area contributed by atoms with Crippen molar-refractivity contribution in [2.45, 2.75) is 19.9 Å². The molecule has 1 amide bonds. The summed E-state index contributed by atoms with van der Waals surface area (Å²) >= 11 is 0. The number of aromatic nitrogens is 1. The first-order valence-electron chi connectivity index (χ1n) is 4.96. The molecule has 0 radical (unpaired) electrons. The van der Waals surface area contributed by atoms with Crippen molar-refractivity contribution in [1.82, 2.24) is 9.88 Å². The lowest BCUT2D eigenvalue weighted by atomic mass is 10.2. The first kappa shape index (κ1) is 12.2. The Morgan fingerprint density at radius 1 is 1.44 bits per heavy atom. The Morgan fingerprint density at radius 3 is 2.56 bits per heavy atom. The number of carbonyl (C=O) groups excluding carboxylic acids is 1. The molecule has 0 fully saturated rings. The van der Waals surface area contributed by atoms with Gasteiger partial charge in [0.2, 0.25) is 0 Å². The van der Waals surface area contributed by atoms with Crippen LogP contribution in [0.1, 0.15) is 24.3 Å². The lowest BCUT2D eigenvalue weighted by Gasteiger charge is -2.24. The Morgan fingerprint density at radius 2 is 2.12 bits per heavy atom. The van der Waals surface area contributed by atoms with E-state index in [0.29, 0.717) is 0 Å². The highest BCUT2D eigenvalue weighted by Gasteiger charge is 2.21. The number of hydrogen-bond donors (Lipinski definition) is 1. The topological polar surface area (TPSA) is 70.5 Å². The standard InChI is InChI=1S/C11H14N2O3/c1-8(2)13(7-10(14)15)11(16)9-5-3-4-6-12-9/h3-6,8H,7H2,1-2H3,(H,14,15). The Bertz CT molecular complexity index is 376. The maximum absolute atomic E-state index is 11.9. The Hall–Kier alpha value is -1.91. The summed E-state index contributed by atoms with van der Waals surface area (Å²) in [6.45, 7) is 3.22. The van der Waals surface area contributed by atoms with Gasteiger partial charge in [-0.3, -0.25) is 14.6 Å². The molecular weight excluding hydrogens is 208 g/mol. The molecule has 0 atom stereocenters. The van der Waals surface area contributed by atoms with Crippen LogP contribution in [0.3, 0.4) is 0 Å². The van der Waals surface area contributed by atoms with E-state index in [1.165, 1.54) is 11.1 Å². The number of nitrogens with zero attached hydrogens (tertiary/aromatic N) is 2. The predicted octanol–water partition coefficient (Wildman–Crippen LogP) is 1.02. The van der Waals surface area contributed by atoms with Crippen LogP contribution in [0.4, 0.5) is 0 Å². The molecule has 0 unspecified atom stereocenters. The molecule has 0 saturated carbocycles. The van der Waals surface area contributed by atoms with E-state index < -0.39 is 5.97 Å². The molecule has 1 N–H and O–H groups in total. The highest BCUT2D eigenvalue weighted by atomic mass is 16.4. The van der Waals surface area contributed by atoms with Crippen molar-refractivity contribution in [3.8, 4) is 0 Å². The molecule has 0 saturated heterocycles. The van der Waals surface area contributed by atoms with E-state index in [1.54, 1.807) is 32.0 Å². The summed E-state index contributed by atoms with van der Waals surface area (Å²) in [6.07, 6.45) is 1.51. The van der Waals surface area contributed by atoms with E-state index >= 15 is 0 Å². The minimum Gasteiger partial charge on any atom is -0.480 e. The second-order valence-electron chi connectivity index (χ2n) is 3.64. The third-order valence-electron chi connectivity index (χ3n) is 2.07. The summed E-state index contributed by atoms with van der Waals surface area (Å²) < 4.78 is 0. The van der Waals surface area contributed by atoms with E-state index in [0.717, 1.165) is 0 Å². The normalized spacial score (nSPS) is 10.2. The van der Waals surface area contributed by atoms with Crippen molar-refractivity contribution < 1.29 is 14.7 Å². The highest BCUT2D eigenvalue weighted by Crippen LogP contribution is 2.05. The molecule has 1 aromatic rings. The van der Waals surface area contributed by atoms with Crippen LogP contribution in [0.25, 0.3) is 0 Å². The first-order chi connectivity index (χ1) is 7.52. The summed E-state index contributed by atoms with van der Waals surface area (Å²) in [6, 6.07) is 4.79. The van der Waals surface area contributed by atoms with Crippen LogP contribution in [0, 0.1) is 0 Å². The number of carbonyl (C=O) groups is 2. The van der Waals surface area contributed by atoms with Crippen LogP contribution in [-0.2, 0) is 4.79 Å². The number of carboxylic acid groups (broad SMARTS) is 1. The number of pyridine rings is 1. The molecule has 1 rings (SSSR count). The maximum Gasteiger partial charge on any atom is 0.323 e. The Balaban J connectivity index is 2.88. The molecule has 1 heterocycles. The van der Waals surface area contributed by atoms with Crippen LogP contribution in [-0.4, -0.2) is 39.5 Å². The second kappa shape index (κ2) is 5.25. The highest BCUT2D eigenvalue weighted by molar-refractivity contribution is 5.94. The van der Waals surface area contributed by atoms with Crippen molar-refractivity contribution in [3.05, 3.63) is 30.1 Å². The Kier molecular flexibility index (Phi) is 3.99. The zero-order chi connectivity index (χ0) is 12.1. The van der Waals surface area contributed by atoms with Crippen molar-refractivity contribution in [3.63, 3.8) is 0 Å². The molecule has 0 aliphatic heterocycles. The fourth-order valence-electron chi connectivity index (χ4n) is 1.27. The number of amides is 1. The number of rotatable bonds is 4. The number of aliphatic carboxylic acids is 1. The molecule has 0 aromatic carbocycles. The molecule has 0 spiro atoms. The molecule has 0 aliphatic rings. The van der Waals surface area contributed by atoms with Gasteiger partial charge >= 0.3 is 5.97 Å². The third-order valence-corrected chi connectivity index (χ3v) is 2.07. The lowest BCUT2D eigenvalue weighted by Crippen LogP contribution is -2.41. The van der Waals surface area contributed by atoms with Gasteiger partial charge in [0.05, 0.1) is 0 Å². The van der Waals surface area contributed by atoms with E-state index in [1.807, 2.05) is 0 Å². The largest absolute Gasteiger partial charge is 0.480 e. The summed E-state index contributed by atoms with van der Waals surface area (Å²) in [7, 11) is 0. The van der Waals surface area contributed by atoms with E-state index in [2.05, 4.69) is 4.98 Å². The predicted molar refractivity (Wildman–Crippen MR) is 58.0 cm³/mol. The molecule has 0 aliphatic carbocycles. The van der Waals surface area contributed by atoms with Crippen LogP contribution >= 0.6 is 0 Å². The second-order valence-corrected chi connectivity index (χ2v) is 3.64. The van der Waals surface area contributed by atoms with Gasteiger partial charge in [0.15, 0.2) is 0 Å². The smallest absolute Gasteiger partial charge is 0.323 e. The van der Waals surface area contributed by atoms with Gasteiger partial charge in [-0.05, 0) is 26.0 Å². The molecule has 0 bridgehead atoms. The summed E-state index contributed by atoms with van der Waals surface area (Å²) in [4.78, 5) is 27.7. The molecule has 5 heteroatoms. The van der Waals surface area contributed by atoms with Crippen LogP contribution in [0.2, 0.25) is 0 Å². The zero-order valence-corrected chi connectivity index (χ0v) is 9.25. The van der Waals surface area contributed by atoms with Gasteiger partial charge in [0, 0.05) is 12.2 Å². The van der Waals surface area contributed by atoms with Gasteiger partial charge in [-0.25, -0.2) is 0 Å². The number of carboxylic acids is 1. The van der Waals surface area contributed by atoms with E-state index in [9.17, 15) is 9.59 Å². The van der Waals surface area contributed by atoms with Crippen LogP contribution < -0.4 is 0 Å². The summed E-state index contributed by atoms with van der Waals surface area (Å²) in [5.74, 6) is -1.39. The van der Waals surface area contributed by atoms with Gasteiger partial charge in [-0.2, -0.15) is 0 Å². The molecule has 1 aromatic heterocycles. The maximum atomic E-state index is 11.9. The minimum absolute atomic E-state index is 0.175. The molecule has 16 heavy (non-hydrogen) atoms. The fraction of sp³-hybridized carbons (Fsp3) is 0.364. The average Bonchev–Trinajstić information content (AvgIpc) is 2.25. The third kappa shape index (κ3) is 3.05. The van der Waals surface area contributed by atoms with Crippen molar-refractivity contribution >= 4 is 11.9 Å². The first-order valence-corrected chi connectivity index (χ1v) is 4.96.